The van der Waals surface area contributed by atoms with Crippen molar-refractivity contribution in [1.82, 2.24) is 9.97 Å². The molecule has 1 rings (SSSR count). The Balaban J connectivity index is 3.39. The van der Waals surface area contributed by atoms with Crippen LogP contribution in [-0.2, 0) is 0 Å². The third-order valence-electron chi connectivity index (χ3n) is 2.92. The highest BCUT2D eigenvalue weighted by Gasteiger charge is 2.27. The number of hydrogen-bond donors (Lipinski definition) is 1. The molecule has 0 saturated carbocycles. The van der Waals surface area contributed by atoms with E-state index in [1.807, 2.05) is 20.8 Å². The molecule has 0 unspecified atom stereocenters. The van der Waals surface area contributed by atoms with Crippen LogP contribution in [0.2, 0.25) is 0 Å². The van der Waals surface area contributed by atoms with E-state index in [0.717, 1.165) is 0 Å². The lowest BCUT2D eigenvalue weighted by molar-refractivity contribution is -0.385. The summed E-state index contributed by atoms with van der Waals surface area (Å²) in [5, 5.41) is 23.1. The standard InChI is InChI=1S/C13H20N6O2/c1-5-15-13-16-10(4)11(19(20)21)12(17-13)18(9(2)3)8-6-7-14/h9H,5-6,8H2,1-4H3,(H,15,16,17). The van der Waals surface area contributed by atoms with E-state index in [9.17, 15) is 10.1 Å². The van der Waals surface area contributed by atoms with Crippen molar-refractivity contribution in [1.29, 1.82) is 5.26 Å². The van der Waals surface area contributed by atoms with Gasteiger partial charge in [0.2, 0.25) is 11.8 Å². The summed E-state index contributed by atoms with van der Waals surface area (Å²) in [6.45, 7) is 8.31. The van der Waals surface area contributed by atoms with Gasteiger partial charge in [0.15, 0.2) is 0 Å². The van der Waals surface area contributed by atoms with Gasteiger partial charge in [-0.05, 0) is 27.7 Å². The number of nitrogens with zero attached hydrogens (tertiary/aromatic N) is 5. The molecular weight excluding hydrogens is 272 g/mol. The molecule has 21 heavy (non-hydrogen) atoms. The highest BCUT2D eigenvalue weighted by molar-refractivity contribution is 5.63. The largest absolute Gasteiger partial charge is 0.354 e. The Morgan fingerprint density at radius 2 is 2.14 bits per heavy atom. The number of aryl methyl sites for hydroxylation is 1. The lowest BCUT2D eigenvalue weighted by atomic mass is 10.2. The highest BCUT2D eigenvalue weighted by Crippen LogP contribution is 2.31. The van der Waals surface area contributed by atoms with E-state index < -0.39 is 4.92 Å². The Labute approximate surface area is 124 Å². The van der Waals surface area contributed by atoms with Gasteiger partial charge in [0.25, 0.3) is 0 Å². The number of nitro groups is 1. The molecule has 0 bridgehead atoms. The topological polar surface area (TPSA) is 108 Å². The lowest BCUT2D eigenvalue weighted by Gasteiger charge is -2.27. The molecule has 1 N–H and O–H groups in total. The maximum Gasteiger partial charge on any atom is 0.332 e. The average molecular weight is 292 g/mol. The summed E-state index contributed by atoms with van der Waals surface area (Å²) in [5.74, 6) is 0.618. The van der Waals surface area contributed by atoms with Crippen LogP contribution >= 0.6 is 0 Å². The minimum atomic E-state index is -0.470. The summed E-state index contributed by atoms with van der Waals surface area (Å²) >= 11 is 0. The van der Waals surface area contributed by atoms with Crippen molar-refractivity contribution in [3.8, 4) is 6.07 Å². The van der Waals surface area contributed by atoms with Crippen molar-refractivity contribution in [2.24, 2.45) is 0 Å². The molecule has 0 aromatic carbocycles. The Morgan fingerprint density at radius 3 is 2.62 bits per heavy atom. The number of hydrogen-bond acceptors (Lipinski definition) is 7. The van der Waals surface area contributed by atoms with Crippen LogP contribution in [0.4, 0.5) is 17.5 Å². The highest BCUT2D eigenvalue weighted by atomic mass is 16.6. The van der Waals surface area contributed by atoms with Gasteiger partial charge >= 0.3 is 5.69 Å². The molecule has 114 valence electrons. The normalized spacial score (nSPS) is 10.3. The van der Waals surface area contributed by atoms with Gasteiger partial charge in [-0.25, -0.2) is 4.98 Å². The smallest absolute Gasteiger partial charge is 0.332 e. The van der Waals surface area contributed by atoms with Gasteiger partial charge in [0, 0.05) is 19.1 Å². The third kappa shape index (κ3) is 4.02. The molecule has 0 radical (unpaired) electrons. The Bertz CT molecular complexity index is 552. The summed E-state index contributed by atoms with van der Waals surface area (Å²) in [7, 11) is 0. The lowest BCUT2D eigenvalue weighted by Crippen LogP contribution is -2.33. The quantitative estimate of drug-likeness (QED) is 0.606. The predicted molar refractivity (Wildman–Crippen MR) is 80.3 cm³/mol. The van der Waals surface area contributed by atoms with Crippen LogP contribution in [0.5, 0.6) is 0 Å². The van der Waals surface area contributed by atoms with Crippen molar-refractivity contribution in [3.05, 3.63) is 15.8 Å². The molecular formula is C13H20N6O2. The van der Waals surface area contributed by atoms with E-state index >= 15 is 0 Å². The van der Waals surface area contributed by atoms with Crippen LogP contribution in [0.15, 0.2) is 0 Å². The van der Waals surface area contributed by atoms with Gasteiger partial charge in [-0.1, -0.05) is 0 Å². The van der Waals surface area contributed by atoms with Crippen LogP contribution < -0.4 is 10.2 Å². The maximum atomic E-state index is 11.3. The van der Waals surface area contributed by atoms with Crippen LogP contribution in [-0.4, -0.2) is 34.0 Å². The molecule has 0 aliphatic rings. The first-order valence-electron chi connectivity index (χ1n) is 6.82. The number of nitriles is 1. The molecule has 8 heteroatoms. The number of nitrogens with one attached hydrogen (secondary N) is 1. The van der Waals surface area contributed by atoms with E-state index in [0.29, 0.717) is 24.7 Å². The SMILES string of the molecule is CCNc1nc(C)c([N+](=O)[O-])c(N(CCC#N)C(C)C)n1. The van der Waals surface area contributed by atoms with Gasteiger partial charge in [0.05, 0.1) is 17.4 Å². The fourth-order valence-corrected chi connectivity index (χ4v) is 1.98. The third-order valence-corrected chi connectivity index (χ3v) is 2.92. The van der Waals surface area contributed by atoms with Crippen molar-refractivity contribution >= 4 is 17.5 Å². The zero-order valence-corrected chi connectivity index (χ0v) is 12.8. The van der Waals surface area contributed by atoms with Crippen molar-refractivity contribution in [2.75, 3.05) is 23.3 Å². The number of aromatic nitrogens is 2. The number of rotatable bonds is 7. The molecule has 0 atom stereocenters. The fourth-order valence-electron chi connectivity index (χ4n) is 1.98. The summed E-state index contributed by atoms with van der Waals surface area (Å²) in [6.07, 6.45) is 0.273. The molecule has 0 saturated heterocycles. The zero-order chi connectivity index (χ0) is 16.0. The summed E-state index contributed by atoms with van der Waals surface area (Å²) in [6, 6.07) is 2.04. The first-order valence-corrected chi connectivity index (χ1v) is 6.82. The van der Waals surface area contributed by atoms with Crippen molar-refractivity contribution in [2.45, 2.75) is 40.2 Å². The molecule has 8 nitrogen and oxygen atoms in total. The summed E-state index contributed by atoms with van der Waals surface area (Å²) < 4.78 is 0. The molecule has 1 heterocycles. The minimum absolute atomic E-state index is 0.0131. The second kappa shape index (κ2) is 7.38. The summed E-state index contributed by atoms with van der Waals surface area (Å²) in [5.41, 5.74) is 0.201. The maximum absolute atomic E-state index is 11.3. The van der Waals surface area contributed by atoms with Crippen molar-refractivity contribution in [3.63, 3.8) is 0 Å². The Kier molecular flexibility index (Phi) is 5.84. The summed E-state index contributed by atoms with van der Waals surface area (Å²) in [4.78, 5) is 21.0. The Morgan fingerprint density at radius 1 is 1.48 bits per heavy atom. The van der Waals surface area contributed by atoms with E-state index in [2.05, 4.69) is 21.4 Å². The predicted octanol–water partition coefficient (Wildman–Crippen LogP) is 2.25. The van der Waals surface area contributed by atoms with E-state index in [1.54, 1.807) is 11.8 Å². The van der Waals surface area contributed by atoms with Crippen LogP contribution in [0.25, 0.3) is 0 Å². The zero-order valence-electron chi connectivity index (χ0n) is 12.8. The molecule has 1 aromatic rings. The molecule has 0 fully saturated rings. The minimum Gasteiger partial charge on any atom is -0.354 e. The van der Waals surface area contributed by atoms with Gasteiger partial charge in [-0.3, -0.25) is 10.1 Å². The second-order valence-corrected chi connectivity index (χ2v) is 4.79. The Hall–Kier alpha value is -2.43. The van der Waals surface area contributed by atoms with Gasteiger partial charge in [0.1, 0.15) is 5.69 Å². The monoisotopic (exact) mass is 292 g/mol. The first-order chi connectivity index (χ1) is 9.92. The van der Waals surface area contributed by atoms with Gasteiger partial charge < -0.3 is 10.2 Å². The van der Waals surface area contributed by atoms with Gasteiger partial charge in [-0.15, -0.1) is 0 Å². The second-order valence-electron chi connectivity index (χ2n) is 4.79. The fraction of sp³-hybridized carbons (Fsp3) is 0.615. The van der Waals surface area contributed by atoms with Crippen LogP contribution in [0.1, 0.15) is 32.9 Å². The molecule has 0 amide bonds. The molecule has 1 aromatic heterocycles. The molecule has 0 spiro atoms. The average Bonchev–Trinajstić information content (AvgIpc) is 2.38. The van der Waals surface area contributed by atoms with Gasteiger partial charge in [-0.2, -0.15) is 10.2 Å². The number of anilines is 2. The molecule has 0 aliphatic heterocycles. The molecule has 0 aliphatic carbocycles. The first kappa shape index (κ1) is 16.6. The van der Waals surface area contributed by atoms with E-state index in [1.165, 1.54) is 0 Å². The van der Waals surface area contributed by atoms with E-state index in [-0.39, 0.29) is 24.0 Å². The van der Waals surface area contributed by atoms with Crippen LogP contribution in [0, 0.1) is 28.4 Å². The van der Waals surface area contributed by atoms with E-state index in [4.69, 9.17) is 5.26 Å². The van der Waals surface area contributed by atoms with Crippen molar-refractivity contribution < 1.29 is 4.92 Å². The van der Waals surface area contributed by atoms with Crippen LogP contribution in [0.3, 0.4) is 0 Å².